The first kappa shape index (κ1) is 19.1. The summed E-state index contributed by atoms with van der Waals surface area (Å²) >= 11 is 0. The Balaban J connectivity index is 3.50. The number of allylic oxidation sites excluding steroid dienone is 1. The zero-order valence-electron chi connectivity index (χ0n) is 15.3. The lowest BCUT2D eigenvalue weighted by atomic mass is 9.73. The molecule has 5 heteroatoms. The highest BCUT2D eigenvalue weighted by molar-refractivity contribution is 6.21. The summed E-state index contributed by atoms with van der Waals surface area (Å²) in [5.41, 5.74) is -0.691. The van der Waals surface area contributed by atoms with E-state index in [0.29, 0.717) is 12.1 Å². The van der Waals surface area contributed by atoms with Crippen LogP contribution in [-0.4, -0.2) is 28.6 Å². The highest BCUT2D eigenvalue weighted by atomic mass is 16.2. The summed E-state index contributed by atoms with van der Waals surface area (Å²) in [6, 6.07) is 0. The Morgan fingerprint density at radius 3 is 2.22 bits per heavy atom. The molecule has 5 nitrogen and oxygen atoms in total. The minimum absolute atomic E-state index is 0.264. The fraction of sp³-hybridized carbons (Fsp3) is 0.611. The molecule has 0 radical (unpaired) electrons. The van der Waals surface area contributed by atoms with Gasteiger partial charge in [0.2, 0.25) is 5.91 Å². The minimum Gasteiger partial charge on any atom is -0.349 e. The number of amides is 2. The van der Waals surface area contributed by atoms with Crippen LogP contribution in [0.3, 0.4) is 0 Å². The highest BCUT2D eigenvalue weighted by Gasteiger charge is 2.53. The first-order valence-electron chi connectivity index (χ1n) is 7.85. The van der Waals surface area contributed by atoms with Crippen molar-refractivity contribution in [2.75, 3.05) is 0 Å². The zero-order valence-corrected chi connectivity index (χ0v) is 15.3. The van der Waals surface area contributed by atoms with E-state index >= 15 is 0 Å². The Hall–Kier alpha value is -1.91. The highest BCUT2D eigenvalue weighted by Crippen LogP contribution is 2.37. The molecule has 1 atom stereocenters. The van der Waals surface area contributed by atoms with Gasteiger partial charge in [0.05, 0.1) is 5.71 Å². The van der Waals surface area contributed by atoms with E-state index < -0.39 is 11.1 Å². The molecule has 0 saturated heterocycles. The third-order valence-electron chi connectivity index (χ3n) is 3.45. The van der Waals surface area contributed by atoms with Crippen LogP contribution in [0.5, 0.6) is 0 Å². The van der Waals surface area contributed by atoms with Crippen LogP contribution in [0.4, 0.5) is 0 Å². The molecule has 0 aromatic carbocycles. The maximum absolute atomic E-state index is 13.2. The van der Waals surface area contributed by atoms with Gasteiger partial charge in [0.15, 0.2) is 5.54 Å². The summed E-state index contributed by atoms with van der Waals surface area (Å²) in [5, 5.41) is 5.86. The van der Waals surface area contributed by atoms with Gasteiger partial charge < -0.3 is 10.6 Å². The van der Waals surface area contributed by atoms with Crippen LogP contribution in [0.15, 0.2) is 29.4 Å². The topological polar surface area (TPSA) is 70.6 Å². The number of carbonyl (C=O) groups is 2. The fourth-order valence-corrected chi connectivity index (χ4v) is 2.75. The summed E-state index contributed by atoms with van der Waals surface area (Å²) in [7, 11) is 0. The lowest BCUT2D eigenvalue weighted by Gasteiger charge is -2.40. The van der Waals surface area contributed by atoms with E-state index in [9.17, 15) is 9.59 Å². The van der Waals surface area contributed by atoms with Gasteiger partial charge in [0.25, 0.3) is 5.91 Å². The monoisotopic (exact) mass is 319 g/mol. The van der Waals surface area contributed by atoms with Gasteiger partial charge in [-0.3, -0.25) is 14.6 Å². The number of nitrogens with zero attached hydrogens (tertiary/aromatic N) is 1. The average molecular weight is 319 g/mol. The van der Waals surface area contributed by atoms with Gasteiger partial charge in [-0.1, -0.05) is 26.8 Å². The van der Waals surface area contributed by atoms with Gasteiger partial charge in [-0.2, -0.15) is 0 Å². The van der Waals surface area contributed by atoms with Crippen LogP contribution in [0, 0.1) is 5.41 Å². The van der Waals surface area contributed by atoms with Crippen LogP contribution in [0.2, 0.25) is 0 Å². The molecule has 2 N–H and O–H groups in total. The Morgan fingerprint density at radius 2 is 1.83 bits per heavy atom. The average Bonchev–Trinajstić information content (AvgIpc) is 2.66. The van der Waals surface area contributed by atoms with Crippen molar-refractivity contribution >= 4 is 17.5 Å². The molecule has 23 heavy (non-hydrogen) atoms. The summed E-state index contributed by atoms with van der Waals surface area (Å²) in [6.45, 7) is 16.8. The number of aliphatic imine (C=N–C) groups is 1. The van der Waals surface area contributed by atoms with Gasteiger partial charge in [-0.15, -0.1) is 6.58 Å². The molecule has 1 heterocycles. The third kappa shape index (κ3) is 4.09. The SMILES string of the molecule is C=CCC1=CN=C(C(C)(C)C)C1(NC(C)=O)C(=O)NC(C)(C)C. The van der Waals surface area contributed by atoms with E-state index in [4.69, 9.17) is 0 Å². The van der Waals surface area contributed by atoms with Crippen molar-refractivity contribution in [3.05, 3.63) is 24.4 Å². The molecule has 0 aromatic rings. The van der Waals surface area contributed by atoms with Gasteiger partial charge in [0.1, 0.15) is 0 Å². The Bertz CT molecular complexity index is 574. The van der Waals surface area contributed by atoms with Crippen molar-refractivity contribution in [2.24, 2.45) is 10.4 Å². The van der Waals surface area contributed by atoms with Gasteiger partial charge >= 0.3 is 0 Å². The van der Waals surface area contributed by atoms with E-state index in [1.54, 1.807) is 12.3 Å². The lowest BCUT2D eigenvalue weighted by molar-refractivity contribution is -0.130. The molecule has 1 aliphatic rings. The molecule has 0 saturated carbocycles. The van der Waals surface area contributed by atoms with Crippen molar-refractivity contribution in [2.45, 2.75) is 66.0 Å². The van der Waals surface area contributed by atoms with E-state index in [1.165, 1.54) is 6.92 Å². The summed E-state index contributed by atoms with van der Waals surface area (Å²) in [6.07, 6.45) is 3.87. The van der Waals surface area contributed by atoms with Crippen LogP contribution in [0.25, 0.3) is 0 Å². The number of carbonyl (C=O) groups excluding carboxylic acids is 2. The quantitative estimate of drug-likeness (QED) is 0.782. The molecule has 2 amide bonds. The Labute approximate surface area is 139 Å². The second-order valence-corrected chi connectivity index (χ2v) is 8.01. The number of hydrogen-bond acceptors (Lipinski definition) is 3. The Morgan fingerprint density at radius 1 is 1.26 bits per heavy atom. The van der Waals surface area contributed by atoms with E-state index in [2.05, 4.69) is 22.2 Å². The lowest BCUT2D eigenvalue weighted by Crippen LogP contribution is -2.67. The van der Waals surface area contributed by atoms with Crippen molar-refractivity contribution in [1.29, 1.82) is 0 Å². The smallest absolute Gasteiger partial charge is 0.256 e. The molecular weight excluding hydrogens is 290 g/mol. The third-order valence-corrected chi connectivity index (χ3v) is 3.45. The molecule has 0 aromatic heterocycles. The standard InChI is InChI=1S/C18H29N3O2/c1-9-10-13-11-19-14(16(3,4)5)18(13,20-12(2)22)15(23)21-17(6,7)8/h9,11H,1,10H2,2-8H3,(H,20,22)(H,21,23). The van der Waals surface area contributed by atoms with E-state index in [1.807, 2.05) is 41.5 Å². The van der Waals surface area contributed by atoms with Gasteiger partial charge in [0, 0.05) is 24.1 Å². The van der Waals surface area contributed by atoms with E-state index in [-0.39, 0.29) is 17.2 Å². The van der Waals surface area contributed by atoms with Crippen molar-refractivity contribution < 1.29 is 9.59 Å². The molecular formula is C18H29N3O2. The molecule has 128 valence electrons. The molecule has 1 rings (SSSR count). The first-order chi connectivity index (χ1) is 10.3. The Kier molecular flexibility index (Phi) is 5.24. The molecule has 0 spiro atoms. The largest absolute Gasteiger partial charge is 0.349 e. The normalized spacial score (nSPS) is 21.3. The molecule has 0 bridgehead atoms. The predicted octanol–water partition coefficient (Wildman–Crippen LogP) is 2.74. The second-order valence-electron chi connectivity index (χ2n) is 8.01. The zero-order chi connectivity index (χ0) is 18.1. The summed E-state index contributed by atoms with van der Waals surface area (Å²) in [4.78, 5) is 29.6. The van der Waals surface area contributed by atoms with Crippen LogP contribution in [0.1, 0.15) is 54.9 Å². The summed E-state index contributed by atoms with van der Waals surface area (Å²) in [5.74, 6) is -0.539. The molecule has 1 unspecified atom stereocenters. The molecule has 0 aliphatic carbocycles. The number of nitrogens with one attached hydrogen (secondary N) is 2. The first-order valence-corrected chi connectivity index (χ1v) is 7.85. The van der Waals surface area contributed by atoms with Crippen LogP contribution >= 0.6 is 0 Å². The van der Waals surface area contributed by atoms with E-state index in [0.717, 1.165) is 5.57 Å². The van der Waals surface area contributed by atoms with Gasteiger partial charge in [-0.05, 0) is 32.8 Å². The van der Waals surface area contributed by atoms with Crippen molar-refractivity contribution in [3.8, 4) is 0 Å². The van der Waals surface area contributed by atoms with Gasteiger partial charge in [-0.25, -0.2) is 0 Å². The maximum atomic E-state index is 13.2. The number of rotatable bonds is 4. The van der Waals surface area contributed by atoms with Crippen LogP contribution in [-0.2, 0) is 9.59 Å². The predicted molar refractivity (Wildman–Crippen MR) is 94.2 cm³/mol. The second kappa shape index (κ2) is 6.30. The molecule has 1 aliphatic heterocycles. The fourth-order valence-electron chi connectivity index (χ4n) is 2.75. The van der Waals surface area contributed by atoms with Crippen molar-refractivity contribution in [3.63, 3.8) is 0 Å². The summed E-state index contributed by atoms with van der Waals surface area (Å²) < 4.78 is 0. The maximum Gasteiger partial charge on any atom is 0.256 e. The van der Waals surface area contributed by atoms with Crippen molar-refractivity contribution in [1.82, 2.24) is 10.6 Å². The van der Waals surface area contributed by atoms with Crippen LogP contribution < -0.4 is 10.6 Å². The number of hydrogen-bond donors (Lipinski definition) is 2. The minimum atomic E-state index is -1.26. The molecule has 0 fully saturated rings.